The number of primary amides is 1. The maximum atomic E-state index is 14.0. The zero-order chi connectivity index (χ0) is 35.6. The number of nitrogens with zero attached hydrogens (tertiary/aromatic N) is 1. The second-order valence-corrected chi connectivity index (χ2v) is 12.5. The average Bonchev–Trinajstić information content (AvgIpc) is 3.55. The summed E-state index contributed by atoms with van der Waals surface area (Å²) in [6.07, 6.45) is 2.94. The number of hydrogen-bond acceptors (Lipinski definition) is 7. The quantitative estimate of drug-likeness (QED) is 0.194. The van der Waals surface area contributed by atoms with Crippen molar-refractivity contribution in [1.29, 1.82) is 0 Å². The van der Waals surface area contributed by atoms with Crippen molar-refractivity contribution in [2.75, 3.05) is 6.54 Å². The van der Waals surface area contributed by atoms with Gasteiger partial charge >= 0.3 is 6.09 Å². The van der Waals surface area contributed by atoms with E-state index in [0.717, 1.165) is 0 Å². The highest BCUT2D eigenvalue weighted by Gasteiger charge is 2.39. The first-order valence-corrected chi connectivity index (χ1v) is 15.8. The van der Waals surface area contributed by atoms with Crippen LogP contribution in [0.25, 0.3) is 12.2 Å². The van der Waals surface area contributed by atoms with Crippen molar-refractivity contribution in [1.82, 2.24) is 20.9 Å². The van der Waals surface area contributed by atoms with Gasteiger partial charge in [0.15, 0.2) is 0 Å². The highest BCUT2D eigenvalue weighted by atomic mass is 16.6. The topological polar surface area (TPSA) is 180 Å². The Balaban J connectivity index is 1.58. The molecule has 0 spiro atoms. The summed E-state index contributed by atoms with van der Waals surface area (Å²) in [6.45, 7) is 5.33. The van der Waals surface area contributed by atoms with Gasteiger partial charge in [-0.2, -0.15) is 0 Å². The summed E-state index contributed by atoms with van der Waals surface area (Å²) < 4.78 is 5.40. The van der Waals surface area contributed by atoms with Gasteiger partial charge < -0.3 is 36.4 Å². The van der Waals surface area contributed by atoms with Crippen molar-refractivity contribution in [3.63, 3.8) is 0 Å². The molecule has 0 aromatic heterocycles. The number of hydrogen-bond donors (Lipinski definition) is 5. The molecule has 4 rings (SSSR count). The number of phenolic OH excluding ortho intramolecular Hbond substituents is 1. The molecule has 0 bridgehead atoms. The van der Waals surface area contributed by atoms with E-state index in [2.05, 4.69) is 16.0 Å². The van der Waals surface area contributed by atoms with E-state index in [1.807, 2.05) is 0 Å². The lowest BCUT2D eigenvalue weighted by Gasteiger charge is -2.29. The third kappa shape index (κ3) is 10.8. The molecule has 3 aromatic rings. The number of rotatable bonds is 11. The Morgan fingerprint density at radius 2 is 1.45 bits per heavy atom. The summed E-state index contributed by atoms with van der Waals surface area (Å²) in [5.74, 6) is -2.78. The fourth-order valence-corrected chi connectivity index (χ4v) is 5.19. The van der Waals surface area contributed by atoms with Crippen molar-refractivity contribution < 1.29 is 33.8 Å². The minimum Gasteiger partial charge on any atom is -0.508 e. The first-order chi connectivity index (χ1) is 23.3. The van der Waals surface area contributed by atoms with Crippen LogP contribution < -0.4 is 21.7 Å². The standard InChI is InChI=1S/C37H41N5O7/c1-37(2,3)49-36(48)41-30(23-26-16-18-27(43)19-17-26)35(47)42-20-10-15-31(42)34(46)40-29(22-25-13-8-5-9-14-25)33(45)39-28(32(38)44)21-24-11-6-4-7-12-24/h4-9,11-14,16-19,21-22,30-31,43H,10,15,20,23H2,1-3H3,(H2,38,44)(H,39,45)(H,40,46)(H,41,48)/b28-21-,29-22-/t30-,31-/m0/s1. The van der Waals surface area contributed by atoms with Crippen LogP contribution in [0.5, 0.6) is 5.75 Å². The number of nitrogens with one attached hydrogen (secondary N) is 3. The number of carbonyl (C=O) groups is 5. The predicted molar refractivity (Wildman–Crippen MR) is 184 cm³/mol. The number of benzene rings is 3. The van der Waals surface area contributed by atoms with Crippen molar-refractivity contribution in [3.05, 3.63) is 113 Å². The molecule has 0 saturated carbocycles. The molecule has 1 aliphatic heterocycles. The van der Waals surface area contributed by atoms with Gasteiger partial charge in [-0.3, -0.25) is 19.2 Å². The van der Waals surface area contributed by atoms with Gasteiger partial charge in [-0.1, -0.05) is 72.8 Å². The molecule has 12 heteroatoms. The third-order valence-electron chi connectivity index (χ3n) is 7.44. The lowest BCUT2D eigenvalue weighted by Crippen LogP contribution is -2.55. The zero-order valence-electron chi connectivity index (χ0n) is 27.6. The smallest absolute Gasteiger partial charge is 0.408 e. The monoisotopic (exact) mass is 667 g/mol. The van der Waals surface area contributed by atoms with Gasteiger partial charge in [0.2, 0.25) is 11.8 Å². The molecule has 0 aliphatic carbocycles. The van der Waals surface area contributed by atoms with Crippen LogP contribution >= 0.6 is 0 Å². The second-order valence-electron chi connectivity index (χ2n) is 12.5. The summed E-state index contributed by atoms with van der Waals surface area (Å²) in [7, 11) is 0. The molecule has 0 radical (unpaired) electrons. The van der Waals surface area contributed by atoms with Crippen molar-refractivity contribution >= 4 is 41.9 Å². The molecule has 0 unspecified atom stereocenters. The van der Waals surface area contributed by atoms with E-state index in [4.69, 9.17) is 10.5 Å². The highest BCUT2D eigenvalue weighted by molar-refractivity contribution is 6.08. The van der Waals surface area contributed by atoms with Gasteiger partial charge in [0.25, 0.3) is 11.8 Å². The summed E-state index contributed by atoms with van der Waals surface area (Å²) in [4.78, 5) is 67.9. The lowest BCUT2D eigenvalue weighted by atomic mass is 10.0. The van der Waals surface area contributed by atoms with E-state index in [1.54, 1.807) is 93.6 Å². The molecule has 1 aliphatic rings. The van der Waals surface area contributed by atoms with Gasteiger partial charge in [-0.05, 0) is 74.6 Å². The molecule has 2 atom stereocenters. The number of nitrogens with two attached hydrogens (primary N) is 1. The molecule has 1 fully saturated rings. The zero-order valence-corrected chi connectivity index (χ0v) is 27.6. The molecule has 49 heavy (non-hydrogen) atoms. The molecule has 5 amide bonds. The van der Waals surface area contributed by atoms with Gasteiger partial charge in [0.05, 0.1) is 0 Å². The van der Waals surface area contributed by atoms with Crippen molar-refractivity contribution in [2.24, 2.45) is 5.73 Å². The molecule has 256 valence electrons. The Hall–Kier alpha value is -5.91. The Kier molecular flexibility index (Phi) is 11.9. The fourth-order valence-electron chi connectivity index (χ4n) is 5.19. The van der Waals surface area contributed by atoms with E-state index in [-0.39, 0.29) is 30.1 Å². The highest BCUT2D eigenvalue weighted by Crippen LogP contribution is 2.22. The molecular formula is C37H41N5O7. The molecule has 1 saturated heterocycles. The van der Waals surface area contributed by atoms with Crippen molar-refractivity contribution in [3.8, 4) is 5.75 Å². The molecule has 1 heterocycles. The molecule has 3 aromatic carbocycles. The Morgan fingerprint density at radius 1 is 0.878 bits per heavy atom. The van der Waals surface area contributed by atoms with Gasteiger partial charge in [-0.25, -0.2) is 4.79 Å². The Labute approximate surface area is 285 Å². The van der Waals surface area contributed by atoms with Crippen molar-refractivity contribution in [2.45, 2.75) is 57.7 Å². The second kappa shape index (κ2) is 16.3. The van der Waals surface area contributed by atoms with Crippen LogP contribution in [0, 0.1) is 0 Å². The summed E-state index contributed by atoms with van der Waals surface area (Å²) in [5, 5.41) is 17.5. The fraction of sp³-hybridized carbons (Fsp3) is 0.270. The van der Waals surface area contributed by atoms with Gasteiger partial charge in [0.1, 0.15) is 34.8 Å². The summed E-state index contributed by atoms with van der Waals surface area (Å²) in [6, 6.07) is 21.7. The number of phenols is 1. The lowest BCUT2D eigenvalue weighted by molar-refractivity contribution is -0.139. The number of amides is 5. The first kappa shape index (κ1) is 35.9. The Morgan fingerprint density at radius 3 is 2.00 bits per heavy atom. The average molecular weight is 668 g/mol. The van der Waals surface area contributed by atoms with Gasteiger partial charge in [-0.15, -0.1) is 0 Å². The number of likely N-dealkylation sites (tertiary alicyclic amines) is 1. The minimum absolute atomic E-state index is 0.0462. The van der Waals surface area contributed by atoms with E-state index >= 15 is 0 Å². The van der Waals surface area contributed by atoms with E-state index in [9.17, 15) is 29.1 Å². The largest absolute Gasteiger partial charge is 0.508 e. The van der Waals surface area contributed by atoms with Crippen LogP contribution in [0.2, 0.25) is 0 Å². The minimum atomic E-state index is -1.10. The summed E-state index contributed by atoms with van der Waals surface area (Å²) in [5.41, 5.74) is 6.26. The third-order valence-corrected chi connectivity index (χ3v) is 7.44. The van der Waals surface area contributed by atoms with Crippen LogP contribution in [0.3, 0.4) is 0 Å². The summed E-state index contributed by atoms with van der Waals surface area (Å²) >= 11 is 0. The molecule has 12 nitrogen and oxygen atoms in total. The number of carbonyl (C=O) groups excluding carboxylic acids is 5. The first-order valence-electron chi connectivity index (χ1n) is 15.8. The van der Waals surface area contributed by atoms with E-state index < -0.39 is 47.4 Å². The van der Waals surface area contributed by atoms with Gasteiger partial charge in [0, 0.05) is 13.0 Å². The molecular weight excluding hydrogens is 626 g/mol. The Bertz CT molecular complexity index is 1720. The van der Waals surface area contributed by atoms with Crippen LogP contribution in [-0.4, -0.2) is 64.0 Å². The van der Waals surface area contributed by atoms with E-state index in [1.165, 1.54) is 29.2 Å². The number of aromatic hydroxyl groups is 1. The SMILES string of the molecule is CC(C)(C)OC(=O)N[C@@H](Cc1ccc(O)cc1)C(=O)N1CCC[C@H]1C(=O)N/C(=C\c1ccccc1)C(=O)N/C(=C\c1ccccc1)C(N)=O. The van der Waals surface area contributed by atoms with Crippen LogP contribution in [0.1, 0.15) is 50.3 Å². The molecule has 6 N–H and O–H groups in total. The predicted octanol–water partition coefficient (Wildman–Crippen LogP) is 3.62. The van der Waals surface area contributed by atoms with Crippen LogP contribution in [-0.2, 0) is 30.3 Å². The maximum absolute atomic E-state index is 14.0. The number of alkyl carbamates (subject to hydrolysis) is 1. The number of ether oxygens (including phenoxy) is 1. The maximum Gasteiger partial charge on any atom is 0.408 e. The van der Waals surface area contributed by atoms with Crippen LogP contribution in [0.4, 0.5) is 4.79 Å². The van der Waals surface area contributed by atoms with E-state index in [0.29, 0.717) is 29.5 Å². The van der Waals surface area contributed by atoms with Crippen LogP contribution in [0.15, 0.2) is 96.3 Å². The normalized spacial score (nSPS) is 15.6.